The average molecular weight is 1780 g/mol. The van der Waals surface area contributed by atoms with Gasteiger partial charge in [0.05, 0.1) is 88.0 Å². The Kier molecular flexibility index (Phi) is 22.0. The maximum Gasteiger partial charge on any atom is 0.168 e. The van der Waals surface area contributed by atoms with Crippen molar-refractivity contribution in [3.63, 3.8) is 0 Å². The first-order chi connectivity index (χ1) is 31.7. The fourth-order valence-corrected chi connectivity index (χ4v) is 12.7. The molecule has 28 heteroatoms. The van der Waals surface area contributed by atoms with Crippen molar-refractivity contribution in [2.75, 3.05) is 0 Å². The average Bonchev–Trinajstić information content (AvgIpc) is 3.89. The van der Waals surface area contributed by atoms with Gasteiger partial charge < -0.3 is 40.4 Å². The topological polar surface area (TPSA) is 144 Å². The molecule has 68 heavy (non-hydrogen) atoms. The quantitative estimate of drug-likeness (QED) is 0.0887. The number of benzene rings is 4. The van der Waals surface area contributed by atoms with E-state index in [9.17, 15) is 29.2 Å². The van der Waals surface area contributed by atoms with Crippen LogP contribution in [0, 0.1) is 11.6 Å². The van der Waals surface area contributed by atoms with Crippen LogP contribution < -0.4 is 0 Å². The predicted octanol–water partition coefficient (Wildman–Crippen LogP) is 22.8. The number of rotatable bonds is 4. The van der Waals surface area contributed by atoms with Gasteiger partial charge in [-0.05, 0) is 202 Å². The van der Waals surface area contributed by atoms with E-state index in [0.29, 0.717) is 67.9 Å². The molecule has 0 spiro atoms. The molecule has 360 valence electrons. The minimum absolute atomic E-state index is 0.0157. The van der Waals surface area contributed by atoms with E-state index in [1.807, 2.05) is 6.07 Å². The first kappa shape index (κ1) is 59.2. The van der Waals surface area contributed by atoms with Crippen LogP contribution in [0.15, 0.2) is 98.1 Å². The van der Waals surface area contributed by atoms with Crippen LogP contribution in [-0.4, -0.2) is 40.4 Å². The largest absolute Gasteiger partial charge is 0.506 e. The predicted molar refractivity (Wildman–Crippen MR) is 311 cm³/mol. The molecule has 0 saturated carbocycles. The number of phenolic OH excluding ortho intramolecular Hbond substituents is 4. The Morgan fingerprint density at radius 3 is 1.13 bits per heavy atom. The lowest BCUT2D eigenvalue weighted by Crippen LogP contribution is -1.87. The van der Waals surface area contributed by atoms with Gasteiger partial charge in [0.1, 0.15) is 28.2 Å². The summed E-state index contributed by atoms with van der Waals surface area (Å²) in [5, 5.41) is 41.1. The second-order valence-corrected chi connectivity index (χ2v) is 24.6. The van der Waals surface area contributed by atoms with E-state index in [0.717, 1.165) is 43.3 Å². The molecular weight excluding hydrogens is 1770 g/mol. The van der Waals surface area contributed by atoms with Gasteiger partial charge in [0.15, 0.2) is 11.6 Å². The Morgan fingerprint density at radius 2 is 0.765 bits per heavy atom. The molecule has 4 aromatic heterocycles. The summed E-state index contributed by atoms with van der Waals surface area (Å²) in [6.07, 6.45) is 0. The maximum absolute atomic E-state index is 13.2. The van der Waals surface area contributed by atoms with Gasteiger partial charge in [-0.3, -0.25) is 0 Å². The Labute approximate surface area is 511 Å². The molecular formula is C40H16Br11Cl7F2N4O4. The van der Waals surface area contributed by atoms with Crippen molar-refractivity contribution < 1.29 is 29.2 Å². The minimum Gasteiger partial charge on any atom is -0.506 e. The lowest BCUT2D eigenvalue weighted by Gasteiger charge is -2.06. The molecule has 4 aromatic carbocycles. The van der Waals surface area contributed by atoms with Crippen molar-refractivity contribution in [3.8, 4) is 68.0 Å². The van der Waals surface area contributed by atoms with Crippen LogP contribution in [0.2, 0.25) is 35.3 Å². The van der Waals surface area contributed by atoms with Crippen LogP contribution in [0.1, 0.15) is 0 Å². The highest BCUT2D eigenvalue weighted by atomic mass is 79.9. The Hall–Kier alpha value is 0.370. The highest BCUT2D eigenvalue weighted by molar-refractivity contribution is 9.15. The molecule has 0 radical (unpaired) electrons. The van der Waals surface area contributed by atoms with E-state index in [2.05, 4.69) is 195 Å². The van der Waals surface area contributed by atoms with Gasteiger partial charge in [0, 0.05) is 42.8 Å². The minimum atomic E-state index is -1.01. The van der Waals surface area contributed by atoms with Crippen molar-refractivity contribution in [1.82, 2.24) is 19.9 Å². The first-order valence-corrected chi connectivity index (χ1v) is 28.7. The summed E-state index contributed by atoms with van der Waals surface area (Å²) in [7, 11) is 0. The van der Waals surface area contributed by atoms with E-state index in [4.69, 9.17) is 81.2 Å². The molecule has 0 atom stereocenters. The van der Waals surface area contributed by atoms with Crippen molar-refractivity contribution >= 4 is 256 Å². The number of halogens is 20. The normalized spacial score (nSPS) is 10.9. The third-order valence-corrected chi connectivity index (χ3v) is 21.6. The number of aromatic amines is 4. The molecule has 0 amide bonds. The molecule has 0 aliphatic carbocycles. The summed E-state index contributed by atoms with van der Waals surface area (Å²) < 4.78 is 34.6. The van der Waals surface area contributed by atoms with Crippen LogP contribution in [-0.2, 0) is 0 Å². The summed E-state index contributed by atoms with van der Waals surface area (Å²) in [6.45, 7) is 0. The zero-order valence-electron chi connectivity index (χ0n) is 32.0. The van der Waals surface area contributed by atoms with Crippen molar-refractivity contribution in [3.05, 3.63) is 145 Å². The number of aromatic nitrogens is 4. The van der Waals surface area contributed by atoms with Gasteiger partial charge in [-0.1, -0.05) is 97.1 Å². The van der Waals surface area contributed by atoms with Crippen LogP contribution >= 0.6 is 256 Å². The van der Waals surface area contributed by atoms with Gasteiger partial charge in [0.25, 0.3) is 0 Å². The molecule has 0 aliphatic rings. The van der Waals surface area contributed by atoms with E-state index >= 15 is 0 Å². The SMILES string of the molecule is Oc1c(Br)cc(Br)cc1-c1[nH]c(Br)c(Br)c1Br.Oc1c(Cl)cc(Cl)cc1-c1[nH]c(Br)c(Br)c1Br.Oc1c(Cl)cc(Cl)cc1-c1[nH]c(Cl)c(Cl)c1Cl.Oc1c(F)cc(F)cc1-c1[nH]c(Br)c(Br)c1Br. The van der Waals surface area contributed by atoms with Crippen LogP contribution in [0.3, 0.4) is 0 Å². The van der Waals surface area contributed by atoms with E-state index < -0.39 is 17.4 Å². The Bertz CT molecular complexity index is 2820. The Balaban J connectivity index is 0.000000169. The molecule has 0 fully saturated rings. The molecule has 8 aromatic rings. The molecule has 4 heterocycles. The summed E-state index contributed by atoms with van der Waals surface area (Å²) >= 11 is 78.0. The summed E-state index contributed by atoms with van der Waals surface area (Å²) in [5.74, 6) is -2.34. The Morgan fingerprint density at radius 1 is 0.382 bits per heavy atom. The maximum atomic E-state index is 13.2. The van der Waals surface area contributed by atoms with Crippen molar-refractivity contribution in [2.45, 2.75) is 0 Å². The summed E-state index contributed by atoms with van der Waals surface area (Å²) in [4.78, 5) is 11.8. The number of aromatic hydroxyl groups is 4. The lowest BCUT2D eigenvalue weighted by atomic mass is 10.1. The molecule has 0 aliphatic heterocycles. The highest BCUT2D eigenvalue weighted by Gasteiger charge is 2.22. The number of nitrogens with one attached hydrogen (secondary N) is 4. The summed E-state index contributed by atoms with van der Waals surface area (Å²) in [6, 6.07) is 11.4. The third-order valence-electron chi connectivity index (χ3n) is 8.55. The van der Waals surface area contributed by atoms with E-state index in [1.54, 1.807) is 12.1 Å². The monoisotopic (exact) mass is 1770 g/mol. The number of H-pyrrole nitrogens is 4. The van der Waals surface area contributed by atoms with Crippen LogP contribution in [0.5, 0.6) is 23.0 Å². The van der Waals surface area contributed by atoms with Crippen molar-refractivity contribution in [2.24, 2.45) is 0 Å². The van der Waals surface area contributed by atoms with Crippen LogP contribution in [0.4, 0.5) is 8.78 Å². The second kappa shape index (κ2) is 25.3. The molecule has 0 unspecified atom stereocenters. The van der Waals surface area contributed by atoms with Gasteiger partial charge in [-0.2, -0.15) is 0 Å². The molecule has 0 saturated heterocycles. The third kappa shape index (κ3) is 13.6. The van der Waals surface area contributed by atoms with Gasteiger partial charge in [-0.15, -0.1) is 0 Å². The molecule has 8 nitrogen and oxygen atoms in total. The molecule has 8 rings (SSSR count). The fraction of sp³-hybridized carbons (Fsp3) is 0. The van der Waals surface area contributed by atoms with E-state index in [-0.39, 0.29) is 48.1 Å². The van der Waals surface area contributed by atoms with Crippen molar-refractivity contribution in [1.29, 1.82) is 0 Å². The first-order valence-electron chi connectivity index (χ1n) is 17.3. The fourth-order valence-electron chi connectivity index (χ4n) is 5.47. The zero-order chi connectivity index (χ0) is 51.0. The van der Waals surface area contributed by atoms with Gasteiger partial charge in [-0.25, -0.2) is 8.78 Å². The highest BCUT2D eigenvalue weighted by Crippen LogP contribution is 2.48. The second-order valence-electron chi connectivity index (χ2n) is 12.9. The number of hydrogen-bond acceptors (Lipinski definition) is 4. The standard InChI is InChI=1S/C10H4Br5NO.C10H4Br3Cl2NO.C10H4Br3F2NO.C10H4Cl5NO/c11-3-1-4(9(17)5(12)2-3)8-6(13)7(14)10(15)16-8;2*11-6-7(12)10(13)16-8(6)4-1-3(14)2-5(15)9(4)17;11-3-1-4(9(17)5(12)2-3)8-6(13)7(14)10(15)16-8/h4*1-2,16-17H. The number of phenols is 4. The number of hydrogen-bond donors (Lipinski definition) is 8. The smallest absolute Gasteiger partial charge is 0.168 e. The van der Waals surface area contributed by atoms with Gasteiger partial charge >= 0.3 is 0 Å². The van der Waals surface area contributed by atoms with Crippen LogP contribution in [0.25, 0.3) is 45.0 Å². The molecule has 0 bridgehead atoms. The summed E-state index contributed by atoms with van der Waals surface area (Å²) in [5.41, 5.74) is 3.82. The lowest BCUT2D eigenvalue weighted by molar-refractivity contribution is 0.430. The zero-order valence-corrected chi connectivity index (χ0v) is 54.7. The van der Waals surface area contributed by atoms with E-state index in [1.165, 1.54) is 18.2 Å². The van der Waals surface area contributed by atoms with Gasteiger partial charge in [0.2, 0.25) is 0 Å². The molecule has 8 N–H and O–H groups in total.